The van der Waals surface area contributed by atoms with Gasteiger partial charge in [-0.2, -0.15) is 0 Å². The van der Waals surface area contributed by atoms with E-state index in [1.807, 2.05) is 12.1 Å². The molecule has 0 atom stereocenters. The molecule has 1 aromatic carbocycles. The van der Waals surface area contributed by atoms with Crippen molar-refractivity contribution in [1.82, 2.24) is 5.32 Å². The van der Waals surface area contributed by atoms with Gasteiger partial charge in [0.15, 0.2) is 0 Å². The maximum atomic E-state index is 5.91. The van der Waals surface area contributed by atoms with E-state index < -0.39 is 0 Å². The van der Waals surface area contributed by atoms with E-state index >= 15 is 0 Å². The molecule has 1 aliphatic rings. The van der Waals surface area contributed by atoms with Crippen molar-refractivity contribution in [2.24, 2.45) is 5.41 Å². The lowest BCUT2D eigenvalue weighted by atomic mass is 10.0. The van der Waals surface area contributed by atoms with Crippen molar-refractivity contribution in [1.29, 1.82) is 0 Å². The first kappa shape index (κ1) is 12.4. The molecule has 1 aliphatic carbocycles. The molecule has 1 saturated carbocycles. The van der Waals surface area contributed by atoms with Crippen molar-refractivity contribution in [3.05, 3.63) is 33.3 Å². The van der Waals surface area contributed by atoms with Gasteiger partial charge in [0.2, 0.25) is 0 Å². The van der Waals surface area contributed by atoms with E-state index in [1.165, 1.54) is 24.8 Å². The molecule has 16 heavy (non-hydrogen) atoms. The summed E-state index contributed by atoms with van der Waals surface area (Å²) < 4.78 is 1.09. The van der Waals surface area contributed by atoms with Gasteiger partial charge < -0.3 is 5.32 Å². The van der Waals surface area contributed by atoms with Crippen LogP contribution in [-0.4, -0.2) is 6.54 Å². The first-order valence-corrected chi connectivity index (χ1v) is 6.97. The second-order valence-corrected chi connectivity index (χ2v) is 5.98. The van der Waals surface area contributed by atoms with E-state index in [9.17, 15) is 0 Å². The Morgan fingerprint density at radius 1 is 1.44 bits per heavy atom. The highest BCUT2D eigenvalue weighted by atomic mass is 79.9. The molecule has 0 unspecified atom stereocenters. The highest BCUT2D eigenvalue weighted by Crippen LogP contribution is 2.47. The van der Waals surface area contributed by atoms with Crippen molar-refractivity contribution >= 4 is 27.5 Å². The van der Waals surface area contributed by atoms with Gasteiger partial charge in [-0.25, -0.2) is 0 Å². The van der Waals surface area contributed by atoms with Crippen LogP contribution in [0.15, 0.2) is 22.7 Å². The Balaban J connectivity index is 1.85. The first-order valence-electron chi connectivity index (χ1n) is 5.80. The van der Waals surface area contributed by atoms with E-state index in [4.69, 9.17) is 11.6 Å². The number of halogens is 2. The Bertz CT molecular complexity index is 374. The fraction of sp³-hybridized carbons (Fsp3) is 0.538. The van der Waals surface area contributed by atoms with Gasteiger partial charge >= 0.3 is 0 Å². The van der Waals surface area contributed by atoms with Gasteiger partial charge in [-0.3, -0.25) is 0 Å². The zero-order chi connectivity index (χ0) is 11.6. The summed E-state index contributed by atoms with van der Waals surface area (Å²) in [4.78, 5) is 0. The average molecular weight is 303 g/mol. The van der Waals surface area contributed by atoms with Crippen LogP contribution in [0, 0.1) is 5.41 Å². The third kappa shape index (κ3) is 2.99. The molecule has 0 bridgehead atoms. The Hall–Kier alpha value is -0.0500. The zero-order valence-electron chi connectivity index (χ0n) is 9.52. The molecule has 88 valence electrons. The molecule has 1 nitrogen and oxygen atoms in total. The SMILES string of the molecule is CCC1(CNCc2ccc(Cl)cc2Br)CC1. The minimum absolute atomic E-state index is 0.610. The number of rotatable bonds is 5. The van der Waals surface area contributed by atoms with Gasteiger partial charge in [-0.1, -0.05) is 40.5 Å². The molecule has 2 rings (SSSR count). The molecule has 1 N–H and O–H groups in total. The summed E-state index contributed by atoms with van der Waals surface area (Å²) >= 11 is 9.44. The zero-order valence-corrected chi connectivity index (χ0v) is 11.9. The molecule has 0 radical (unpaired) electrons. The molecule has 0 saturated heterocycles. The van der Waals surface area contributed by atoms with Crippen LogP contribution in [0.4, 0.5) is 0 Å². The van der Waals surface area contributed by atoms with Crippen molar-refractivity contribution in [3.8, 4) is 0 Å². The van der Waals surface area contributed by atoms with E-state index in [0.717, 1.165) is 22.6 Å². The molecule has 0 aromatic heterocycles. The van der Waals surface area contributed by atoms with Crippen LogP contribution in [0.1, 0.15) is 31.7 Å². The number of hydrogen-bond donors (Lipinski definition) is 1. The minimum atomic E-state index is 0.610. The normalized spacial score (nSPS) is 17.4. The van der Waals surface area contributed by atoms with E-state index in [-0.39, 0.29) is 0 Å². The maximum Gasteiger partial charge on any atom is 0.0417 e. The smallest absolute Gasteiger partial charge is 0.0417 e. The largest absolute Gasteiger partial charge is 0.312 e. The standard InChI is InChI=1S/C13H17BrClN/c1-2-13(5-6-13)9-16-8-10-3-4-11(15)7-12(10)14/h3-4,7,16H,2,5-6,8-9H2,1H3. The van der Waals surface area contributed by atoms with Crippen LogP contribution in [0.3, 0.4) is 0 Å². The summed E-state index contributed by atoms with van der Waals surface area (Å²) in [7, 11) is 0. The summed E-state index contributed by atoms with van der Waals surface area (Å²) in [5.41, 5.74) is 1.88. The van der Waals surface area contributed by atoms with Gasteiger partial charge in [-0.15, -0.1) is 0 Å². The predicted molar refractivity (Wildman–Crippen MR) is 72.8 cm³/mol. The lowest BCUT2D eigenvalue weighted by molar-refractivity contribution is 0.443. The van der Waals surface area contributed by atoms with Gasteiger partial charge in [-0.05, 0) is 42.4 Å². The second kappa shape index (κ2) is 5.07. The quantitative estimate of drug-likeness (QED) is 0.851. The molecular formula is C13H17BrClN. The minimum Gasteiger partial charge on any atom is -0.312 e. The molecule has 1 aromatic rings. The van der Waals surface area contributed by atoms with E-state index in [2.05, 4.69) is 34.2 Å². The molecule has 3 heteroatoms. The lowest BCUT2D eigenvalue weighted by Crippen LogP contribution is -2.23. The van der Waals surface area contributed by atoms with Gasteiger partial charge in [0.05, 0.1) is 0 Å². The molecule has 0 heterocycles. The summed E-state index contributed by atoms with van der Waals surface area (Å²) in [5, 5.41) is 4.32. The Kier molecular flexibility index (Phi) is 3.93. The summed E-state index contributed by atoms with van der Waals surface area (Å²) in [6.45, 7) is 4.34. The monoisotopic (exact) mass is 301 g/mol. The predicted octanol–water partition coefficient (Wildman–Crippen LogP) is 4.38. The number of nitrogens with one attached hydrogen (secondary N) is 1. The van der Waals surface area contributed by atoms with Crippen LogP contribution < -0.4 is 5.32 Å². The van der Waals surface area contributed by atoms with Crippen LogP contribution >= 0.6 is 27.5 Å². The molecule has 0 aliphatic heterocycles. The van der Waals surface area contributed by atoms with E-state index in [0.29, 0.717) is 5.41 Å². The molecule has 0 spiro atoms. The first-order chi connectivity index (χ1) is 7.65. The van der Waals surface area contributed by atoms with Crippen molar-refractivity contribution in [2.75, 3.05) is 6.54 Å². The molecule has 0 amide bonds. The fourth-order valence-corrected chi connectivity index (χ4v) is 2.78. The third-order valence-electron chi connectivity index (χ3n) is 3.54. The van der Waals surface area contributed by atoms with Gasteiger partial charge in [0.1, 0.15) is 0 Å². The summed E-state index contributed by atoms with van der Waals surface area (Å²) in [5.74, 6) is 0. The number of hydrogen-bond acceptors (Lipinski definition) is 1. The van der Waals surface area contributed by atoms with Crippen molar-refractivity contribution in [3.63, 3.8) is 0 Å². The van der Waals surface area contributed by atoms with E-state index in [1.54, 1.807) is 0 Å². The van der Waals surface area contributed by atoms with Gasteiger partial charge in [0.25, 0.3) is 0 Å². The highest BCUT2D eigenvalue weighted by Gasteiger charge is 2.39. The summed E-state index contributed by atoms with van der Waals surface area (Å²) in [6.07, 6.45) is 4.07. The maximum absolute atomic E-state index is 5.91. The lowest BCUT2D eigenvalue weighted by Gasteiger charge is -2.14. The topological polar surface area (TPSA) is 12.0 Å². The van der Waals surface area contributed by atoms with Crippen LogP contribution in [0.5, 0.6) is 0 Å². The number of benzene rings is 1. The highest BCUT2D eigenvalue weighted by molar-refractivity contribution is 9.10. The van der Waals surface area contributed by atoms with Crippen LogP contribution in [0.25, 0.3) is 0 Å². The molecule has 1 fully saturated rings. The van der Waals surface area contributed by atoms with Crippen molar-refractivity contribution < 1.29 is 0 Å². The van der Waals surface area contributed by atoms with Crippen LogP contribution in [0.2, 0.25) is 5.02 Å². The molecular weight excluding hydrogens is 286 g/mol. The Morgan fingerprint density at radius 3 is 2.75 bits per heavy atom. The third-order valence-corrected chi connectivity index (χ3v) is 4.51. The van der Waals surface area contributed by atoms with Crippen LogP contribution in [-0.2, 0) is 6.54 Å². The van der Waals surface area contributed by atoms with Crippen molar-refractivity contribution in [2.45, 2.75) is 32.7 Å². The Labute approximate surface area is 111 Å². The average Bonchev–Trinajstić information content (AvgIpc) is 3.02. The fourth-order valence-electron chi connectivity index (χ4n) is 1.96. The second-order valence-electron chi connectivity index (χ2n) is 4.69. The Morgan fingerprint density at radius 2 is 2.19 bits per heavy atom. The summed E-state index contributed by atoms with van der Waals surface area (Å²) in [6, 6.07) is 5.96. The van der Waals surface area contributed by atoms with Gasteiger partial charge in [0, 0.05) is 22.6 Å².